The zero-order valence-electron chi connectivity index (χ0n) is 8.98. The van der Waals surface area contributed by atoms with E-state index >= 15 is 0 Å². The molecule has 1 atom stereocenters. The van der Waals surface area contributed by atoms with Gasteiger partial charge in [0.2, 0.25) is 0 Å². The van der Waals surface area contributed by atoms with Crippen molar-refractivity contribution in [3.8, 4) is 0 Å². The van der Waals surface area contributed by atoms with Gasteiger partial charge in [-0.2, -0.15) is 0 Å². The summed E-state index contributed by atoms with van der Waals surface area (Å²) in [6, 6.07) is 8.42. The van der Waals surface area contributed by atoms with Gasteiger partial charge in [-0.3, -0.25) is 4.98 Å². The Kier molecular flexibility index (Phi) is 4.09. The Morgan fingerprint density at radius 1 is 1.50 bits per heavy atom. The summed E-state index contributed by atoms with van der Waals surface area (Å²) >= 11 is 5.21. The molecule has 0 bridgehead atoms. The van der Waals surface area contributed by atoms with Crippen molar-refractivity contribution in [2.75, 3.05) is 0 Å². The summed E-state index contributed by atoms with van der Waals surface area (Å²) in [6.07, 6.45) is 1.83. The van der Waals surface area contributed by atoms with Crippen molar-refractivity contribution in [3.63, 3.8) is 0 Å². The molecule has 0 saturated heterocycles. The quantitative estimate of drug-likeness (QED) is 0.929. The van der Waals surface area contributed by atoms with Crippen LogP contribution in [0.25, 0.3) is 0 Å². The largest absolute Gasteiger partial charge is 0.304 e. The van der Waals surface area contributed by atoms with E-state index in [4.69, 9.17) is 0 Å². The van der Waals surface area contributed by atoms with E-state index in [2.05, 4.69) is 44.6 Å². The number of pyridine rings is 1. The van der Waals surface area contributed by atoms with Crippen LogP contribution in [0.1, 0.15) is 23.5 Å². The third kappa shape index (κ3) is 3.14. The Morgan fingerprint density at radius 3 is 3.00 bits per heavy atom. The van der Waals surface area contributed by atoms with Crippen LogP contribution in [-0.2, 0) is 6.54 Å². The molecule has 84 valence electrons. The van der Waals surface area contributed by atoms with Crippen LogP contribution in [0, 0.1) is 0 Å². The number of nitrogens with one attached hydrogen (secondary N) is 1. The van der Waals surface area contributed by atoms with Gasteiger partial charge >= 0.3 is 0 Å². The topological polar surface area (TPSA) is 24.9 Å². The summed E-state index contributed by atoms with van der Waals surface area (Å²) in [4.78, 5) is 5.66. The molecule has 0 aliphatic carbocycles. The second-order valence-electron chi connectivity index (χ2n) is 3.59. The van der Waals surface area contributed by atoms with E-state index in [1.165, 1.54) is 4.88 Å². The smallest absolute Gasteiger partial charge is 0.0570 e. The van der Waals surface area contributed by atoms with Gasteiger partial charge in [-0.1, -0.05) is 6.07 Å². The molecule has 0 unspecified atom stereocenters. The third-order valence-corrected chi connectivity index (χ3v) is 4.03. The number of halogens is 1. The lowest BCUT2D eigenvalue weighted by Gasteiger charge is -2.11. The SMILES string of the molecule is C[C@@H](NCc1cc(Br)cs1)c1ccccn1. The average molecular weight is 297 g/mol. The first-order chi connectivity index (χ1) is 7.75. The van der Waals surface area contributed by atoms with Gasteiger partial charge in [-0.25, -0.2) is 0 Å². The molecule has 0 amide bonds. The van der Waals surface area contributed by atoms with Gasteiger partial charge in [0.25, 0.3) is 0 Å². The van der Waals surface area contributed by atoms with Crippen molar-refractivity contribution in [3.05, 3.63) is 50.9 Å². The highest BCUT2D eigenvalue weighted by molar-refractivity contribution is 9.10. The predicted molar refractivity (Wildman–Crippen MR) is 71.5 cm³/mol. The number of thiophene rings is 1. The lowest BCUT2D eigenvalue weighted by molar-refractivity contribution is 0.565. The van der Waals surface area contributed by atoms with Gasteiger partial charge in [-0.05, 0) is 41.1 Å². The average Bonchev–Trinajstić information content (AvgIpc) is 2.73. The lowest BCUT2D eigenvalue weighted by Crippen LogP contribution is -2.18. The fourth-order valence-electron chi connectivity index (χ4n) is 1.44. The van der Waals surface area contributed by atoms with Crippen LogP contribution in [0.3, 0.4) is 0 Å². The highest BCUT2D eigenvalue weighted by Crippen LogP contribution is 2.20. The molecule has 4 heteroatoms. The summed E-state index contributed by atoms with van der Waals surface area (Å²) in [5.41, 5.74) is 1.08. The minimum absolute atomic E-state index is 0.280. The van der Waals surface area contributed by atoms with Gasteiger partial charge in [-0.15, -0.1) is 11.3 Å². The van der Waals surface area contributed by atoms with Crippen molar-refractivity contribution in [1.82, 2.24) is 10.3 Å². The predicted octanol–water partition coefficient (Wildman–Crippen LogP) is 3.76. The maximum absolute atomic E-state index is 4.33. The van der Waals surface area contributed by atoms with Crippen molar-refractivity contribution in [1.29, 1.82) is 0 Å². The Morgan fingerprint density at radius 2 is 2.38 bits per heavy atom. The van der Waals surface area contributed by atoms with Crippen molar-refractivity contribution in [2.45, 2.75) is 19.5 Å². The van der Waals surface area contributed by atoms with Crippen molar-refractivity contribution < 1.29 is 0 Å². The van der Waals surface area contributed by atoms with Crippen molar-refractivity contribution >= 4 is 27.3 Å². The van der Waals surface area contributed by atoms with Crippen molar-refractivity contribution in [2.24, 2.45) is 0 Å². The van der Waals surface area contributed by atoms with Gasteiger partial charge < -0.3 is 5.32 Å². The van der Waals surface area contributed by atoms with E-state index in [0.29, 0.717) is 0 Å². The molecule has 0 aliphatic rings. The van der Waals surface area contributed by atoms with E-state index in [1.54, 1.807) is 11.3 Å². The summed E-state index contributed by atoms with van der Waals surface area (Å²) < 4.78 is 1.15. The fourth-order valence-corrected chi connectivity index (χ4v) is 2.84. The summed E-state index contributed by atoms with van der Waals surface area (Å²) in [6.45, 7) is 3.01. The van der Waals surface area contributed by atoms with Crippen LogP contribution in [0.5, 0.6) is 0 Å². The number of nitrogens with zero attached hydrogens (tertiary/aromatic N) is 1. The molecular weight excluding hydrogens is 284 g/mol. The highest BCUT2D eigenvalue weighted by Gasteiger charge is 2.05. The summed E-state index contributed by atoms with van der Waals surface area (Å²) in [7, 11) is 0. The van der Waals surface area contributed by atoms with E-state index < -0.39 is 0 Å². The number of rotatable bonds is 4. The number of aromatic nitrogens is 1. The molecule has 2 heterocycles. The first-order valence-corrected chi connectivity index (χ1v) is 6.80. The second kappa shape index (κ2) is 5.57. The van der Waals surface area contributed by atoms with Gasteiger partial charge in [0.1, 0.15) is 0 Å². The van der Waals surface area contributed by atoms with Gasteiger partial charge in [0.15, 0.2) is 0 Å². The monoisotopic (exact) mass is 296 g/mol. The van der Waals surface area contributed by atoms with Crippen LogP contribution in [0.2, 0.25) is 0 Å². The van der Waals surface area contributed by atoms with Crippen LogP contribution < -0.4 is 5.32 Å². The normalized spacial score (nSPS) is 12.6. The van der Waals surface area contributed by atoms with E-state index in [9.17, 15) is 0 Å². The Balaban J connectivity index is 1.91. The zero-order valence-corrected chi connectivity index (χ0v) is 11.4. The fraction of sp³-hybridized carbons (Fsp3) is 0.250. The molecule has 16 heavy (non-hydrogen) atoms. The molecule has 0 fully saturated rings. The molecule has 2 nitrogen and oxygen atoms in total. The highest BCUT2D eigenvalue weighted by atomic mass is 79.9. The Hall–Kier alpha value is -0.710. The van der Waals surface area contributed by atoms with Crippen LogP contribution in [0.15, 0.2) is 40.3 Å². The molecule has 2 rings (SSSR count). The Labute approximate surface area is 108 Å². The van der Waals surface area contributed by atoms with E-state index in [-0.39, 0.29) is 6.04 Å². The summed E-state index contributed by atoms with van der Waals surface area (Å²) in [5.74, 6) is 0. The van der Waals surface area contributed by atoms with E-state index in [1.807, 2.05) is 24.4 Å². The maximum atomic E-state index is 4.33. The first kappa shape index (κ1) is 11.8. The molecule has 0 aliphatic heterocycles. The molecule has 1 N–H and O–H groups in total. The minimum Gasteiger partial charge on any atom is -0.304 e. The third-order valence-electron chi connectivity index (χ3n) is 2.34. The van der Waals surface area contributed by atoms with Crippen LogP contribution in [-0.4, -0.2) is 4.98 Å². The molecule has 0 spiro atoms. The number of hydrogen-bond acceptors (Lipinski definition) is 3. The Bertz CT molecular complexity index is 441. The van der Waals surface area contributed by atoms with Crippen LogP contribution >= 0.6 is 27.3 Å². The van der Waals surface area contributed by atoms with Crippen LogP contribution in [0.4, 0.5) is 0 Å². The lowest BCUT2D eigenvalue weighted by atomic mass is 10.2. The first-order valence-electron chi connectivity index (χ1n) is 5.13. The minimum atomic E-state index is 0.280. The molecular formula is C12H13BrN2S. The molecule has 2 aromatic heterocycles. The van der Waals surface area contributed by atoms with Gasteiger partial charge in [0.05, 0.1) is 5.69 Å². The zero-order chi connectivity index (χ0) is 11.4. The maximum Gasteiger partial charge on any atom is 0.0570 e. The number of hydrogen-bond donors (Lipinski definition) is 1. The van der Waals surface area contributed by atoms with E-state index in [0.717, 1.165) is 16.7 Å². The summed E-state index contributed by atoms with van der Waals surface area (Å²) in [5, 5.41) is 5.56. The molecule has 0 saturated carbocycles. The van der Waals surface area contributed by atoms with Gasteiger partial charge in [0, 0.05) is 33.5 Å². The molecule has 0 aromatic carbocycles. The standard InChI is InChI=1S/C12H13BrN2S/c1-9(12-4-2-3-5-14-12)15-7-11-6-10(13)8-16-11/h2-6,8-9,15H,7H2,1H3/t9-/m1/s1. The molecule has 2 aromatic rings. The second-order valence-corrected chi connectivity index (χ2v) is 5.50. The molecule has 0 radical (unpaired) electrons.